The number of sulfonamides is 1. The minimum Gasteiger partial charge on any atom is -0.465 e. The summed E-state index contributed by atoms with van der Waals surface area (Å²) in [6.07, 6.45) is 2.49. The third kappa shape index (κ3) is 4.37. The molecule has 0 unspecified atom stereocenters. The molecule has 0 radical (unpaired) electrons. The molecular weight excluding hydrogens is 380 g/mol. The maximum atomic E-state index is 12.7. The van der Waals surface area contributed by atoms with E-state index in [1.807, 2.05) is 0 Å². The number of hydrogen-bond acceptors (Lipinski definition) is 6. The van der Waals surface area contributed by atoms with Gasteiger partial charge in [-0.2, -0.15) is 0 Å². The monoisotopic (exact) mass is 402 g/mol. The Morgan fingerprint density at radius 1 is 1.31 bits per heavy atom. The van der Waals surface area contributed by atoms with Gasteiger partial charge in [0.2, 0.25) is 10.0 Å². The summed E-state index contributed by atoms with van der Waals surface area (Å²) in [6, 6.07) is 4.37. The largest absolute Gasteiger partial charge is 0.465 e. The van der Waals surface area contributed by atoms with Crippen molar-refractivity contribution in [3.05, 3.63) is 28.8 Å². The van der Waals surface area contributed by atoms with Gasteiger partial charge in [-0.05, 0) is 37.5 Å². The summed E-state index contributed by atoms with van der Waals surface area (Å²) < 4.78 is 38.3. The van der Waals surface area contributed by atoms with Crippen molar-refractivity contribution in [2.24, 2.45) is 0 Å². The van der Waals surface area contributed by atoms with Crippen LogP contribution in [0.2, 0.25) is 5.02 Å². The van der Waals surface area contributed by atoms with Gasteiger partial charge < -0.3 is 9.47 Å². The number of carbonyl (C=O) groups is 1. The second-order valence-corrected chi connectivity index (χ2v) is 8.68. The number of nitrogens with zero attached hydrogens (tertiary/aromatic N) is 1. The highest BCUT2D eigenvalue weighted by Crippen LogP contribution is 2.25. The average molecular weight is 403 g/mol. The van der Waals surface area contributed by atoms with Gasteiger partial charge in [0.15, 0.2) is 0 Å². The van der Waals surface area contributed by atoms with Crippen LogP contribution in [0.25, 0.3) is 0 Å². The zero-order valence-corrected chi connectivity index (χ0v) is 16.2. The second-order valence-electron chi connectivity index (χ2n) is 6.59. The Morgan fingerprint density at radius 2 is 2.04 bits per heavy atom. The van der Waals surface area contributed by atoms with Crippen LogP contribution < -0.4 is 4.72 Å². The molecule has 0 aromatic heterocycles. The lowest BCUT2D eigenvalue weighted by atomic mass is 10.0. The maximum absolute atomic E-state index is 12.7. The predicted octanol–water partition coefficient (Wildman–Crippen LogP) is 1.66. The first-order valence-corrected chi connectivity index (χ1v) is 10.5. The zero-order valence-electron chi connectivity index (χ0n) is 14.6. The Kier molecular flexibility index (Phi) is 6.19. The van der Waals surface area contributed by atoms with E-state index in [-0.39, 0.29) is 21.5 Å². The standard InChI is InChI=1S/C17H23ClN2O5S/c1-24-17(21)12-2-3-15(18)16(10-12)26(22,23)19-13-4-7-20(8-5-13)14-6-9-25-11-14/h2-3,10,13-14,19H,4-9,11H2,1H3/t14-/m0/s1. The van der Waals surface area contributed by atoms with Crippen LogP contribution in [0, 0.1) is 0 Å². The van der Waals surface area contributed by atoms with Crippen molar-refractivity contribution in [3.63, 3.8) is 0 Å². The molecule has 2 heterocycles. The molecule has 1 atom stereocenters. The summed E-state index contributed by atoms with van der Waals surface area (Å²) >= 11 is 6.06. The highest BCUT2D eigenvalue weighted by Gasteiger charge is 2.30. The molecule has 0 spiro atoms. The summed E-state index contributed by atoms with van der Waals surface area (Å²) in [4.78, 5) is 13.9. The first-order chi connectivity index (χ1) is 12.4. The molecule has 144 valence electrons. The smallest absolute Gasteiger partial charge is 0.337 e. The molecule has 0 aliphatic carbocycles. The SMILES string of the molecule is COC(=O)c1ccc(Cl)c(S(=O)(=O)NC2CCN([C@H]3CCOC3)CC2)c1. The molecule has 2 saturated heterocycles. The van der Waals surface area contributed by atoms with E-state index < -0.39 is 16.0 Å². The summed E-state index contributed by atoms with van der Waals surface area (Å²) in [5.41, 5.74) is 0.147. The first kappa shape index (κ1) is 19.6. The quantitative estimate of drug-likeness (QED) is 0.754. The molecule has 9 heteroatoms. The van der Waals surface area contributed by atoms with Crippen LogP contribution in [-0.4, -0.2) is 64.8 Å². The Morgan fingerprint density at radius 3 is 2.65 bits per heavy atom. The number of nitrogens with one attached hydrogen (secondary N) is 1. The fourth-order valence-electron chi connectivity index (χ4n) is 3.43. The number of likely N-dealkylation sites (tertiary alicyclic amines) is 1. The maximum Gasteiger partial charge on any atom is 0.337 e. The number of halogens is 1. The molecule has 1 aromatic rings. The van der Waals surface area contributed by atoms with Gasteiger partial charge in [-0.1, -0.05) is 11.6 Å². The van der Waals surface area contributed by atoms with E-state index in [9.17, 15) is 13.2 Å². The highest BCUT2D eigenvalue weighted by molar-refractivity contribution is 7.89. The lowest BCUT2D eigenvalue weighted by Gasteiger charge is -2.35. The van der Waals surface area contributed by atoms with Crippen molar-refractivity contribution < 1.29 is 22.7 Å². The number of piperidine rings is 1. The van der Waals surface area contributed by atoms with Crippen LogP contribution in [0.1, 0.15) is 29.6 Å². The van der Waals surface area contributed by atoms with Gasteiger partial charge in [-0.3, -0.25) is 4.90 Å². The molecule has 0 saturated carbocycles. The lowest BCUT2D eigenvalue weighted by Crippen LogP contribution is -2.48. The number of benzene rings is 1. The molecular formula is C17H23ClN2O5S. The van der Waals surface area contributed by atoms with Crippen LogP contribution in [0.15, 0.2) is 23.1 Å². The average Bonchev–Trinajstić information content (AvgIpc) is 3.16. The van der Waals surface area contributed by atoms with E-state index in [0.717, 1.165) is 45.6 Å². The number of ether oxygens (including phenoxy) is 2. The summed E-state index contributed by atoms with van der Waals surface area (Å²) in [5, 5.41) is 0.0747. The van der Waals surface area contributed by atoms with E-state index in [4.69, 9.17) is 16.3 Å². The van der Waals surface area contributed by atoms with Crippen LogP contribution >= 0.6 is 11.6 Å². The third-order valence-corrected chi connectivity index (χ3v) is 6.92. The molecule has 0 amide bonds. The van der Waals surface area contributed by atoms with Gasteiger partial charge in [0.25, 0.3) is 0 Å². The van der Waals surface area contributed by atoms with E-state index >= 15 is 0 Å². The Balaban J connectivity index is 1.67. The van der Waals surface area contributed by atoms with Crippen molar-refractivity contribution in [3.8, 4) is 0 Å². The lowest BCUT2D eigenvalue weighted by molar-refractivity contribution is 0.0600. The third-order valence-electron chi connectivity index (χ3n) is 4.92. The van der Waals surface area contributed by atoms with Crippen LogP contribution in [0.3, 0.4) is 0 Å². The number of methoxy groups -OCH3 is 1. The van der Waals surface area contributed by atoms with Gasteiger partial charge in [-0.25, -0.2) is 17.9 Å². The predicted molar refractivity (Wildman–Crippen MR) is 96.9 cm³/mol. The van der Waals surface area contributed by atoms with Crippen molar-refractivity contribution in [2.75, 3.05) is 33.4 Å². The highest BCUT2D eigenvalue weighted by atomic mass is 35.5. The fraction of sp³-hybridized carbons (Fsp3) is 0.588. The Bertz CT molecular complexity index is 756. The summed E-state index contributed by atoms with van der Waals surface area (Å²) in [5.74, 6) is -0.606. The minimum absolute atomic E-state index is 0.0747. The molecule has 3 rings (SSSR count). The number of hydrogen-bond donors (Lipinski definition) is 1. The molecule has 2 fully saturated rings. The summed E-state index contributed by atoms with van der Waals surface area (Å²) in [6.45, 7) is 3.22. The van der Waals surface area contributed by atoms with Crippen molar-refractivity contribution >= 4 is 27.6 Å². The van der Waals surface area contributed by atoms with Gasteiger partial charge in [0, 0.05) is 31.8 Å². The van der Waals surface area contributed by atoms with Crippen molar-refractivity contribution in [1.82, 2.24) is 9.62 Å². The van der Waals surface area contributed by atoms with Crippen molar-refractivity contribution in [2.45, 2.75) is 36.2 Å². The number of esters is 1. The van der Waals surface area contributed by atoms with Crippen LogP contribution in [-0.2, 0) is 19.5 Å². The molecule has 1 aromatic carbocycles. The molecule has 26 heavy (non-hydrogen) atoms. The summed E-state index contributed by atoms with van der Waals surface area (Å²) in [7, 11) is -2.58. The molecule has 1 N–H and O–H groups in total. The van der Waals surface area contributed by atoms with Gasteiger partial charge in [-0.15, -0.1) is 0 Å². The van der Waals surface area contributed by atoms with Gasteiger partial charge in [0.05, 0.1) is 24.3 Å². The molecule has 7 nitrogen and oxygen atoms in total. The number of rotatable bonds is 5. The van der Waals surface area contributed by atoms with E-state index in [2.05, 4.69) is 14.4 Å². The van der Waals surface area contributed by atoms with E-state index in [1.54, 1.807) is 0 Å². The second kappa shape index (κ2) is 8.22. The Labute approximate surface area is 158 Å². The number of carbonyl (C=O) groups excluding carboxylic acids is 1. The van der Waals surface area contributed by atoms with Crippen LogP contribution in [0.5, 0.6) is 0 Å². The topological polar surface area (TPSA) is 84.9 Å². The molecule has 2 aliphatic heterocycles. The normalized spacial score (nSPS) is 22.5. The van der Waals surface area contributed by atoms with E-state index in [1.165, 1.54) is 25.3 Å². The molecule has 0 bridgehead atoms. The Hall–Kier alpha value is -1.19. The fourth-order valence-corrected chi connectivity index (χ4v) is 5.26. The molecule has 2 aliphatic rings. The minimum atomic E-state index is -3.82. The van der Waals surface area contributed by atoms with Gasteiger partial charge >= 0.3 is 5.97 Å². The van der Waals surface area contributed by atoms with Gasteiger partial charge in [0.1, 0.15) is 4.90 Å². The zero-order chi connectivity index (χ0) is 18.7. The van der Waals surface area contributed by atoms with E-state index in [0.29, 0.717) is 6.04 Å². The van der Waals surface area contributed by atoms with Crippen LogP contribution in [0.4, 0.5) is 0 Å². The first-order valence-electron chi connectivity index (χ1n) is 8.62. The van der Waals surface area contributed by atoms with Crippen molar-refractivity contribution in [1.29, 1.82) is 0 Å².